The first-order chi connectivity index (χ1) is 8.15. The van der Waals surface area contributed by atoms with E-state index in [4.69, 9.17) is 16.7 Å². The van der Waals surface area contributed by atoms with Gasteiger partial charge in [0.05, 0.1) is 10.3 Å². The van der Waals surface area contributed by atoms with Gasteiger partial charge in [0.25, 0.3) is 0 Å². The van der Waals surface area contributed by atoms with Crippen molar-refractivity contribution in [3.05, 3.63) is 21.3 Å². The lowest BCUT2D eigenvalue weighted by Gasteiger charge is -2.25. The van der Waals surface area contributed by atoms with E-state index in [1.54, 1.807) is 11.3 Å². The van der Waals surface area contributed by atoms with Crippen molar-refractivity contribution in [1.29, 1.82) is 0 Å². The lowest BCUT2D eigenvalue weighted by Crippen LogP contribution is -2.21. The number of thiophene rings is 1. The summed E-state index contributed by atoms with van der Waals surface area (Å²) in [5, 5.41) is 8.92. The molecule has 0 saturated heterocycles. The van der Waals surface area contributed by atoms with E-state index in [-0.39, 0.29) is 5.92 Å². The maximum atomic E-state index is 10.8. The van der Waals surface area contributed by atoms with Gasteiger partial charge in [0, 0.05) is 4.88 Å². The highest BCUT2D eigenvalue weighted by Gasteiger charge is 2.25. The zero-order valence-corrected chi connectivity index (χ0v) is 11.3. The van der Waals surface area contributed by atoms with Gasteiger partial charge in [-0.2, -0.15) is 0 Å². The van der Waals surface area contributed by atoms with Crippen LogP contribution in [0, 0.1) is 11.8 Å². The van der Waals surface area contributed by atoms with Crippen LogP contribution in [-0.4, -0.2) is 11.1 Å². The summed E-state index contributed by atoms with van der Waals surface area (Å²) in [4.78, 5) is 12.2. The van der Waals surface area contributed by atoms with Crippen molar-refractivity contribution in [2.45, 2.75) is 38.5 Å². The molecule has 0 bridgehead atoms. The topological polar surface area (TPSA) is 37.3 Å². The molecule has 1 aliphatic rings. The summed E-state index contributed by atoms with van der Waals surface area (Å²) < 4.78 is 0.856. The van der Waals surface area contributed by atoms with Gasteiger partial charge in [0.15, 0.2) is 0 Å². The number of carboxylic acid groups (broad SMARTS) is 1. The molecule has 0 radical (unpaired) electrons. The molecule has 1 N–H and O–H groups in total. The fourth-order valence-electron chi connectivity index (χ4n) is 2.53. The Morgan fingerprint density at radius 2 is 2.06 bits per heavy atom. The standard InChI is InChI=1S/C13H17ClO2S/c14-12-8-7-11(17-12)6-3-9-1-4-10(5-2-9)13(15)16/h7-10H,1-6H2,(H,15,16). The zero-order valence-electron chi connectivity index (χ0n) is 9.69. The van der Waals surface area contributed by atoms with Gasteiger partial charge < -0.3 is 5.11 Å². The van der Waals surface area contributed by atoms with Crippen LogP contribution in [0.25, 0.3) is 0 Å². The van der Waals surface area contributed by atoms with Crippen LogP contribution >= 0.6 is 22.9 Å². The SMILES string of the molecule is O=C(O)C1CCC(CCc2ccc(Cl)s2)CC1. The average Bonchev–Trinajstić information content (AvgIpc) is 2.73. The largest absolute Gasteiger partial charge is 0.481 e. The molecule has 0 spiro atoms. The minimum atomic E-state index is -0.617. The molecule has 0 aromatic carbocycles. The Kier molecular flexibility index (Phi) is 4.46. The Morgan fingerprint density at radius 3 is 2.59 bits per heavy atom. The van der Waals surface area contributed by atoms with Gasteiger partial charge in [-0.1, -0.05) is 11.6 Å². The molecule has 1 heterocycles. The van der Waals surface area contributed by atoms with E-state index in [9.17, 15) is 4.79 Å². The molecule has 1 aromatic rings. The minimum absolute atomic E-state index is 0.0950. The molecule has 17 heavy (non-hydrogen) atoms. The normalized spacial score (nSPS) is 24.8. The highest BCUT2D eigenvalue weighted by atomic mass is 35.5. The number of aliphatic carboxylic acids is 1. The van der Waals surface area contributed by atoms with Crippen LogP contribution in [0.2, 0.25) is 4.34 Å². The first-order valence-corrected chi connectivity index (χ1v) is 7.31. The molecule has 1 fully saturated rings. The lowest BCUT2D eigenvalue weighted by molar-refractivity contribution is -0.143. The minimum Gasteiger partial charge on any atom is -0.481 e. The second-order valence-corrected chi connectivity index (χ2v) is 6.60. The molecular weight excluding hydrogens is 256 g/mol. The van der Waals surface area contributed by atoms with Crippen LogP contribution in [0.5, 0.6) is 0 Å². The molecule has 4 heteroatoms. The monoisotopic (exact) mass is 272 g/mol. The molecule has 0 aliphatic heterocycles. The Bertz CT molecular complexity index is 381. The molecular formula is C13H17ClO2S. The Labute approximate surface area is 111 Å². The number of hydrogen-bond donors (Lipinski definition) is 1. The zero-order chi connectivity index (χ0) is 12.3. The fraction of sp³-hybridized carbons (Fsp3) is 0.615. The van der Waals surface area contributed by atoms with Crippen molar-refractivity contribution in [2.24, 2.45) is 11.8 Å². The second kappa shape index (κ2) is 5.87. The Morgan fingerprint density at radius 1 is 1.35 bits per heavy atom. The van der Waals surface area contributed by atoms with Crippen molar-refractivity contribution in [3.63, 3.8) is 0 Å². The van der Waals surface area contributed by atoms with E-state index in [1.165, 1.54) is 11.3 Å². The number of rotatable bonds is 4. The van der Waals surface area contributed by atoms with Crippen molar-refractivity contribution in [3.8, 4) is 0 Å². The van der Waals surface area contributed by atoms with Gasteiger partial charge in [-0.05, 0) is 56.6 Å². The van der Waals surface area contributed by atoms with E-state index in [2.05, 4.69) is 6.07 Å². The van der Waals surface area contributed by atoms with E-state index in [0.29, 0.717) is 5.92 Å². The number of halogens is 1. The first kappa shape index (κ1) is 12.9. The van der Waals surface area contributed by atoms with Crippen molar-refractivity contribution in [2.75, 3.05) is 0 Å². The third-order valence-corrected chi connectivity index (χ3v) is 4.91. The predicted octanol–water partition coefficient (Wildman–Crippen LogP) is 4.23. The highest BCUT2D eigenvalue weighted by Crippen LogP contribution is 2.32. The van der Waals surface area contributed by atoms with Crippen LogP contribution in [0.15, 0.2) is 12.1 Å². The second-order valence-electron chi connectivity index (χ2n) is 4.80. The van der Waals surface area contributed by atoms with Crippen LogP contribution in [0.1, 0.15) is 37.0 Å². The van der Waals surface area contributed by atoms with E-state index in [0.717, 1.165) is 36.4 Å². The summed E-state index contributed by atoms with van der Waals surface area (Å²) in [7, 11) is 0. The van der Waals surface area contributed by atoms with Gasteiger partial charge in [-0.15, -0.1) is 11.3 Å². The van der Waals surface area contributed by atoms with Gasteiger partial charge >= 0.3 is 5.97 Å². The summed E-state index contributed by atoms with van der Waals surface area (Å²) in [5.74, 6) is -0.0117. The summed E-state index contributed by atoms with van der Waals surface area (Å²) in [6.45, 7) is 0. The van der Waals surface area contributed by atoms with Crippen LogP contribution in [0.3, 0.4) is 0 Å². The Hall–Kier alpha value is -0.540. The number of hydrogen-bond acceptors (Lipinski definition) is 2. The van der Waals surface area contributed by atoms with Crippen molar-refractivity contribution < 1.29 is 9.90 Å². The van der Waals surface area contributed by atoms with Gasteiger partial charge in [-0.25, -0.2) is 0 Å². The van der Waals surface area contributed by atoms with Crippen molar-refractivity contribution >= 4 is 28.9 Å². The molecule has 0 amide bonds. The van der Waals surface area contributed by atoms with Crippen molar-refractivity contribution in [1.82, 2.24) is 0 Å². The molecule has 94 valence electrons. The molecule has 0 unspecified atom stereocenters. The fourth-order valence-corrected chi connectivity index (χ4v) is 3.63. The maximum Gasteiger partial charge on any atom is 0.306 e. The number of aryl methyl sites for hydroxylation is 1. The highest BCUT2D eigenvalue weighted by molar-refractivity contribution is 7.16. The number of carboxylic acids is 1. The predicted molar refractivity (Wildman–Crippen MR) is 70.7 cm³/mol. The molecule has 1 aliphatic carbocycles. The summed E-state index contributed by atoms with van der Waals surface area (Å²) >= 11 is 7.54. The average molecular weight is 273 g/mol. The lowest BCUT2D eigenvalue weighted by atomic mass is 9.80. The number of carbonyl (C=O) groups is 1. The van der Waals surface area contributed by atoms with Gasteiger partial charge in [-0.3, -0.25) is 4.79 Å². The molecule has 2 rings (SSSR count). The molecule has 1 aromatic heterocycles. The third kappa shape index (κ3) is 3.71. The summed E-state index contributed by atoms with van der Waals surface area (Å²) in [6, 6.07) is 4.04. The molecule has 2 nitrogen and oxygen atoms in total. The first-order valence-electron chi connectivity index (χ1n) is 6.12. The van der Waals surface area contributed by atoms with Gasteiger partial charge in [0.2, 0.25) is 0 Å². The van der Waals surface area contributed by atoms with E-state index < -0.39 is 5.97 Å². The molecule has 1 saturated carbocycles. The van der Waals surface area contributed by atoms with E-state index >= 15 is 0 Å². The summed E-state index contributed by atoms with van der Waals surface area (Å²) in [5.41, 5.74) is 0. The quantitative estimate of drug-likeness (QED) is 0.891. The van der Waals surface area contributed by atoms with Crippen LogP contribution < -0.4 is 0 Å². The van der Waals surface area contributed by atoms with Crippen LogP contribution in [0.4, 0.5) is 0 Å². The van der Waals surface area contributed by atoms with Gasteiger partial charge in [0.1, 0.15) is 0 Å². The maximum absolute atomic E-state index is 10.8. The third-order valence-electron chi connectivity index (χ3n) is 3.62. The van der Waals surface area contributed by atoms with Crippen LogP contribution in [-0.2, 0) is 11.2 Å². The van der Waals surface area contributed by atoms with E-state index in [1.807, 2.05) is 6.07 Å². The molecule has 0 atom stereocenters. The summed E-state index contributed by atoms with van der Waals surface area (Å²) in [6.07, 6.45) is 6.09. The Balaban J connectivity index is 1.73. The smallest absolute Gasteiger partial charge is 0.306 e.